The molecular weight excluding hydrogens is 418 g/mol. The SMILES string of the molecule is CCc1cc2c(c(NC(=O)NS(=O)(=O)N(c3cnn(C)c3)C3CCOCC3)c1)CCC2. The lowest BCUT2D eigenvalue weighted by Gasteiger charge is -2.33. The van der Waals surface area contributed by atoms with Crippen molar-refractivity contribution in [3.63, 3.8) is 0 Å². The van der Waals surface area contributed by atoms with Gasteiger partial charge in [-0.1, -0.05) is 13.0 Å². The van der Waals surface area contributed by atoms with E-state index in [2.05, 4.69) is 28.1 Å². The van der Waals surface area contributed by atoms with Crippen molar-refractivity contribution >= 4 is 27.6 Å². The van der Waals surface area contributed by atoms with Crippen molar-refractivity contribution in [3.8, 4) is 0 Å². The van der Waals surface area contributed by atoms with E-state index >= 15 is 0 Å². The Morgan fingerprint density at radius 1 is 1.29 bits per heavy atom. The molecule has 2 amide bonds. The van der Waals surface area contributed by atoms with Crippen LogP contribution in [0, 0.1) is 0 Å². The van der Waals surface area contributed by atoms with Crippen LogP contribution in [0.3, 0.4) is 0 Å². The van der Waals surface area contributed by atoms with Crippen LogP contribution in [0.5, 0.6) is 0 Å². The van der Waals surface area contributed by atoms with E-state index in [4.69, 9.17) is 4.74 Å². The lowest BCUT2D eigenvalue weighted by Crippen LogP contribution is -2.51. The van der Waals surface area contributed by atoms with Gasteiger partial charge in [0.2, 0.25) is 0 Å². The van der Waals surface area contributed by atoms with Gasteiger partial charge in [-0.05, 0) is 61.3 Å². The minimum atomic E-state index is -4.15. The van der Waals surface area contributed by atoms with Crippen LogP contribution >= 0.6 is 0 Å². The molecule has 0 spiro atoms. The molecule has 0 unspecified atom stereocenters. The molecule has 1 fully saturated rings. The molecule has 2 aromatic rings. The molecule has 10 heteroatoms. The normalized spacial score (nSPS) is 16.7. The summed E-state index contributed by atoms with van der Waals surface area (Å²) in [5.41, 5.74) is 4.56. The molecule has 2 N–H and O–H groups in total. The number of benzene rings is 1. The third kappa shape index (κ3) is 4.69. The fraction of sp³-hybridized carbons (Fsp3) is 0.524. The predicted octanol–water partition coefficient (Wildman–Crippen LogP) is 2.52. The molecule has 0 radical (unpaired) electrons. The zero-order valence-electron chi connectivity index (χ0n) is 17.9. The number of aryl methyl sites for hydroxylation is 3. The van der Waals surface area contributed by atoms with Crippen LogP contribution in [-0.4, -0.2) is 43.5 Å². The second-order valence-corrected chi connectivity index (χ2v) is 9.61. The van der Waals surface area contributed by atoms with Crippen molar-refractivity contribution in [3.05, 3.63) is 41.2 Å². The van der Waals surface area contributed by atoms with E-state index in [9.17, 15) is 13.2 Å². The molecule has 0 atom stereocenters. The summed E-state index contributed by atoms with van der Waals surface area (Å²) in [5.74, 6) is 0. The quantitative estimate of drug-likeness (QED) is 0.708. The maximum atomic E-state index is 13.3. The second-order valence-electron chi connectivity index (χ2n) is 8.06. The standard InChI is InChI=1S/C21H29N5O4S/c1-3-15-11-16-5-4-6-19(16)20(12-15)23-21(27)24-31(28,29)26(17-7-9-30-10-8-17)18-13-22-25(2)14-18/h11-14,17H,3-10H2,1-2H3,(H2,23,24,27). The number of nitrogens with zero attached hydrogens (tertiary/aromatic N) is 3. The monoisotopic (exact) mass is 447 g/mol. The summed E-state index contributed by atoms with van der Waals surface area (Å²) in [4.78, 5) is 12.8. The Balaban J connectivity index is 1.56. The molecule has 2 aliphatic rings. The molecule has 4 rings (SSSR count). The molecule has 168 valence electrons. The van der Waals surface area contributed by atoms with Gasteiger partial charge >= 0.3 is 16.2 Å². The predicted molar refractivity (Wildman–Crippen MR) is 118 cm³/mol. The van der Waals surface area contributed by atoms with E-state index in [0.29, 0.717) is 37.4 Å². The van der Waals surface area contributed by atoms with Crippen molar-refractivity contribution in [2.24, 2.45) is 7.05 Å². The van der Waals surface area contributed by atoms with Crippen LogP contribution in [-0.2, 0) is 41.3 Å². The van der Waals surface area contributed by atoms with Gasteiger partial charge in [-0.3, -0.25) is 4.68 Å². The minimum Gasteiger partial charge on any atom is -0.381 e. The van der Waals surface area contributed by atoms with Crippen LogP contribution in [0.25, 0.3) is 0 Å². The van der Waals surface area contributed by atoms with Gasteiger partial charge in [0.05, 0.1) is 17.9 Å². The summed E-state index contributed by atoms with van der Waals surface area (Å²) >= 11 is 0. The Bertz CT molecular complexity index is 1060. The molecule has 1 aromatic heterocycles. The Morgan fingerprint density at radius 3 is 2.74 bits per heavy atom. The number of hydrogen-bond acceptors (Lipinski definition) is 5. The number of ether oxygens (including phenoxy) is 1. The van der Waals surface area contributed by atoms with Crippen LogP contribution in [0.1, 0.15) is 42.9 Å². The first-order chi connectivity index (χ1) is 14.9. The number of anilines is 2. The topological polar surface area (TPSA) is 106 Å². The highest BCUT2D eigenvalue weighted by molar-refractivity contribution is 7.91. The molecular formula is C21H29N5O4S. The number of hydrogen-bond donors (Lipinski definition) is 2. The van der Waals surface area contributed by atoms with Gasteiger partial charge in [0.25, 0.3) is 0 Å². The number of nitrogens with one attached hydrogen (secondary N) is 2. The first-order valence-corrected chi connectivity index (χ1v) is 12.2. The number of carbonyl (C=O) groups excluding carboxylic acids is 1. The molecule has 1 saturated heterocycles. The summed E-state index contributed by atoms with van der Waals surface area (Å²) in [6.07, 6.45) is 7.96. The second kappa shape index (κ2) is 8.88. The summed E-state index contributed by atoms with van der Waals surface area (Å²) in [6, 6.07) is 3.05. The highest BCUT2D eigenvalue weighted by Crippen LogP contribution is 2.31. The zero-order chi connectivity index (χ0) is 22.0. The fourth-order valence-electron chi connectivity index (χ4n) is 4.39. The number of amides is 2. The molecule has 2 heterocycles. The van der Waals surface area contributed by atoms with E-state index in [1.165, 1.54) is 20.7 Å². The Morgan fingerprint density at radius 2 is 2.06 bits per heavy atom. The minimum absolute atomic E-state index is 0.309. The zero-order valence-corrected chi connectivity index (χ0v) is 18.7. The maximum absolute atomic E-state index is 13.3. The van der Waals surface area contributed by atoms with Crippen LogP contribution < -0.4 is 14.3 Å². The number of aromatic nitrogens is 2. The molecule has 0 saturated carbocycles. The third-order valence-electron chi connectivity index (χ3n) is 5.88. The van der Waals surface area contributed by atoms with Gasteiger partial charge in [0, 0.05) is 32.1 Å². The van der Waals surface area contributed by atoms with Crippen molar-refractivity contribution < 1.29 is 17.9 Å². The fourth-order valence-corrected chi connectivity index (χ4v) is 5.75. The van der Waals surface area contributed by atoms with Gasteiger partial charge in [-0.15, -0.1) is 0 Å². The molecule has 31 heavy (non-hydrogen) atoms. The number of carbonyl (C=O) groups is 1. The third-order valence-corrected chi connectivity index (χ3v) is 7.35. The summed E-state index contributed by atoms with van der Waals surface area (Å²) in [5, 5.41) is 6.89. The summed E-state index contributed by atoms with van der Waals surface area (Å²) < 4.78 is 36.9. The average Bonchev–Trinajstić information content (AvgIpc) is 3.37. The van der Waals surface area contributed by atoms with Crippen LogP contribution in [0.4, 0.5) is 16.2 Å². The van der Waals surface area contributed by atoms with Gasteiger partial charge in [0.15, 0.2) is 0 Å². The van der Waals surface area contributed by atoms with Gasteiger partial charge in [-0.25, -0.2) is 13.8 Å². The first-order valence-electron chi connectivity index (χ1n) is 10.7. The van der Waals surface area contributed by atoms with E-state index in [1.54, 1.807) is 13.2 Å². The molecule has 1 aliphatic heterocycles. The number of urea groups is 1. The van der Waals surface area contributed by atoms with Gasteiger partial charge in [-0.2, -0.15) is 13.5 Å². The number of fused-ring (bicyclic) bond motifs is 1. The largest absolute Gasteiger partial charge is 0.381 e. The summed E-state index contributed by atoms with van der Waals surface area (Å²) in [6.45, 7) is 3.00. The maximum Gasteiger partial charge on any atom is 0.334 e. The lowest BCUT2D eigenvalue weighted by molar-refractivity contribution is 0.0875. The Hall–Kier alpha value is -2.59. The molecule has 1 aromatic carbocycles. The lowest BCUT2D eigenvalue weighted by atomic mass is 10.0. The van der Waals surface area contributed by atoms with Gasteiger partial charge < -0.3 is 10.1 Å². The highest BCUT2D eigenvalue weighted by Gasteiger charge is 2.34. The van der Waals surface area contributed by atoms with Gasteiger partial charge in [0.1, 0.15) is 0 Å². The van der Waals surface area contributed by atoms with Crippen LogP contribution in [0.15, 0.2) is 24.5 Å². The van der Waals surface area contributed by atoms with Crippen molar-refractivity contribution in [2.45, 2.75) is 51.5 Å². The molecule has 1 aliphatic carbocycles. The van der Waals surface area contributed by atoms with E-state index < -0.39 is 16.2 Å². The van der Waals surface area contributed by atoms with E-state index in [1.807, 2.05) is 6.07 Å². The van der Waals surface area contributed by atoms with Crippen molar-refractivity contribution in [1.82, 2.24) is 14.5 Å². The smallest absolute Gasteiger partial charge is 0.334 e. The van der Waals surface area contributed by atoms with E-state index in [-0.39, 0.29) is 6.04 Å². The van der Waals surface area contributed by atoms with E-state index in [0.717, 1.165) is 36.8 Å². The van der Waals surface area contributed by atoms with Crippen molar-refractivity contribution in [1.29, 1.82) is 0 Å². The number of rotatable bonds is 6. The highest BCUT2D eigenvalue weighted by atomic mass is 32.2. The van der Waals surface area contributed by atoms with Crippen LogP contribution in [0.2, 0.25) is 0 Å². The average molecular weight is 448 g/mol. The van der Waals surface area contributed by atoms with Crippen molar-refractivity contribution in [2.75, 3.05) is 22.8 Å². The summed E-state index contributed by atoms with van der Waals surface area (Å²) in [7, 11) is -2.43. The Labute approximate surface area is 182 Å². The Kier molecular flexibility index (Phi) is 6.19. The first kappa shape index (κ1) is 21.6. The molecule has 0 bridgehead atoms. The molecule has 9 nitrogen and oxygen atoms in total.